The maximum Gasteiger partial charge on any atom is 0.274 e. The Kier molecular flexibility index (Phi) is 4.00. The number of hydrogen-bond acceptors (Lipinski definition) is 4. The summed E-state index contributed by atoms with van der Waals surface area (Å²) >= 11 is 0. The van der Waals surface area contributed by atoms with Crippen LogP contribution in [0, 0.1) is 17.6 Å². The van der Waals surface area contributed by atoms with Gasteiger partial charge in [0.2, 0.25) is 5.43 Å². The minimum atomic E-state index is -0.944. The van der Waals surface area contributed by atoms with Gasteiger partial charge in [0.25, 0.3) is 11.8 Å². The van der Waals surface area contributed by atoms with Gasteiger partial charge in [0.1, 0.15) is 17.2 Å². The van der Waals surface area contributed by atoms with Crippen LogP contribution in [-0.2, 0) is 12.1 Å². The van der Waals surface area contributed by atoms with E-state index in [-0.39, 0.29) is 23.4 Å². The van der Waals surface area contributed by atoms with Crippen molar-refractivity contribution in [3.63, 3.8) is 0 Å². The highest BCUT2D eigenvalue weighted by Crippen LogP contribution is 2.57. The number of nitrogens with one attached hydrogen (secondary N) is 1. The molecule has 2 atom stereocenters. The van der Waals surface area contributed by atoms with Crippen LogP contribution in [0.25, 0.3) is 0 Å². The molecular weight excluding hydrogens is 396 g/mol. The number of amides is 2. The Morgan fingerprint density at radius 3 is 2.87 bits per heavy atom. The molecule has 1 spiro atoms. The average Bonchev–Trinajstić information content (AvgIpc) is 3.41. The number of aromatic hydroxyl groups is 1. The highest BCUT2D eigenvalue weighted by Gasteiger charge is 2.61. The molecule has 2 aromatic rings. The van der Waals surface area contributed by atoms with E-state index < -0.39 is 40.2 Å². The number of aromatic nitrogens is 1. The second-order valence-corrected chi connectivity index (χ2v) is 8.23. The summed E-state index contributed by atoms with van der Waals surface area (Å²) in [6.45, 7) is 0.817. The first kappa shape index (κ1) is 18.8. The van der Waals surface area contributed by atoms with Crippen LogP contribution < -0.4 is 10.7 Å². The van der Waals surface area contributed by atoms with E-state index in [4.69, 9.17) is 0 Å². The van der Waals surface area contributed by atoms with Gasteiger partial charge in [-0.15, -0.1) is 0 Å². The fourth-order valence-electron chi connectivity index (χ4n) is 4.82. The van der Waals surface area contributed by atoms with E-state index in [1.54, 1.807) is 9.47 Å². The van der Waals surface area contributed by atoms with Crippen molar-refractivity contribution >= 4 is 11.8 Å². The smallest absolute Gasteiger partial charge is 0.274 e. The summed E-state index contributed by atoms with van der Waals surface area (Å²) in [7, 11) is 0. The van der Waals surface area contributed by atoms with Crippen LogP contribution in [0.1, 0.15) is 45.7 Å². The Labute approximate surface area is 169 Å². The van der Waals surface area contributed by atoms with Gasteiger partial charge >= 0.3 is 0 Å². The first-order chi connectivity index (χ1) is 14.3. The van der Waals surface area contributed by atoms with Crippen molar-refractivity contribution in [3.05, 3.63) is 63.1 Å². The molecule has 30 heavy (non-hydrogen) atoms. The molecule has 1 aromatic heterocycles. The molecule has 1 unspecified atom stereocenters. The van der Waals surface area contributed by atoms with E-state index in [0.717, 1.165) is 25.3 Å². The number of carbonyl (C=O) groups excluding carboxylic acids is 2. The minimum absolute atomic E-state index is 0.0578. The summed E-state index contributed by atoms with van der Waals surface area (Å²) in [5.41, 5.74) is -1.67. The lowest BCUT2D eigenvalue weighted by molar-refractivity contribution is 0.0650. The summed E-state index contributed by atoms with van der Waals surface area (Å²) in [6, 6.07) is 2.98. The van der Waals surface area contributed by atoms with Crippen LogP contribution in [0.15, 0.2) is 29.2 Å². The summed E-state index contributed by atoms with van der Waals surface area (Å²) < 4.78 is 28.5. The van der Waals surface area contributed by atoms with Crippen molar-refractivity contribution in [2.24, 2.45) is 5.92 Å². The predicted molar refractivity (Wildman–Crippen MR) is 101 cm³/mol. The molecule has 2 fully saturated rings. The molecule has 2 amide bonds. The number of pyridine rings is 1. The van der Waals surface area contributed by atoms with E-state index in [0.29, 0.717) is 25.1 Å². The minimum Gasteiger partial charge on any atom is -0.503 e. The van der Waals surface area contributed by atoms with Crippen LogP contribution in [0.4, 0.5) is 8.78 Å². The van der Waals surface area contributed by atoms with Gasteiger partial charge in [-0.05, 0) is 31.2 Å². The van der Waals surface area contributed by atoms with Gasteiger partial charge in [-0.2, -0.15) is 0 Å². The summed E-state index contributed by atoms with van der Waals surface area (Å²) in [5.74, 6) is -3.18. The number of hydrogen-bond donors (Lipinski definition) is 2. The number of nitrogens with zero attached hydrogens (tertiary/aromatic N) is 2. The third-order valence-electron chi connectivity index (χ3n) is 6.50. The molecule has 2 bridgehead atoms. The molecule has 1 aliphatic carbocycles. The van der Waals surface area contributed by atoms with Crippen molar-refractivity contribution in [1.29, 1.82) is 0 Å². The third-order valence-corrected chi connectivity index (χ3v) is 6.50. The van der Waals surface area contributed by atoms with Crippen molar-refractivity contribution < 1.29 is 23.5 Å². The van der Waals surface area contributed by atoms with E-state index in [1.165, 1.54) is 12.3 Å². The molecule has 3 heterocycles. The molecule has 1 saturated carbocycles. The molecule has 7 nitrogen and oxygen atoms in total. The first-order valence-electron chi connectivity index (χ1n) is 9.82. The lowest BCUT2D eigenvalue weighted by Crippen LogP contribution is -2.49. The number of halogens is 2. The molecule has 3 aliphatic rings. The molecule has 0 radical (unpaired) electrons. The van der Waals surface area contributed by atoms with Crippen molar-refractivity contribution in [2.75, 3.05) is 13.1 Å². The number of carbonyl (C=O) groups is 2. The van der Waals surface area contributed by atoms with Crippen LogP contribution in [0.3, 0.4) is 0 Å². The zero-order valence-corrected chi connectivity index (χ0v) is 16.0. The fourth-order valence-corrected chi connectivity index (χ4v) is 4.82. The molecule has 9 heteroatoms. The summed E-state index contributed by atoms with van der Waals surface area (Å²) in [4.78, 5) is 39.8. The molecule has 1 saturated heterocycles. The molecule has 2 N–H and O–H groups in total. The van der Waals surface area contributed by atoms with E-state index in [2.05, 4.69) is 5.32 Å². The van der Waals surface area contributed by atoms with Gasteiger partial charge in [-0.3, -0.25) is 14.4 Å². The summed E-state index contributed by atoms with van der Waals surface area (Å²) in [6.07, 6.45) is 3.94. The van der Waals surface area contributed by atoms with E-state index in [1.807, 2.05) is 0 Å². The zero-order valence-electron chi connectivity index (χ0n) is 16.0. The van der Waals surface area contributed by atoms with Gasteiger partial charge < -0.3 is 19.9 Å². The second-order valence-electron chi connectivity index (χ2n) is 8.23. The molecule has 1 aromatic carbocycles. The summed E-state index contributed by atoms with van der Waals surface area (Å²) in [5, 5.41) is 13.0. The van der Waals surface area contributed by atoms with Gasteiger partial charge in [0.05, 0.1) is 5.54 Å². The SMILES string of the molecule is O=C(NCc1ccc(F)cc1F)c1cn2c(c(O)c1=O)C(=O)N1CCC[C@H]3CC32C1. The number of benzene rings is 1. The highest BCUT2D eigenvalue weighted by atomic mass is 19.1. The quantitative estimate of drug-likeness (QED) is 0.799. The van der Waals surface area contributed by atoms with Crippen LogP contribution in [0.2, 0.25) is 0 Å². The second kappa shape index (κ2) is 6.38. The predicted octanol–water partition coefficient (Wildman–Crippen LogP) is 1.73. The Morgan fingerprint density at radius 1 is 1.30 bits per heavy atom. The molecular formula is C21H19F2N3O4. The van der Waals surface area contributed by atoms with Crippen molar-refractivity contribution in [3.8, 4) is 5.75 Å². The van der Waals surface area contributed by atoms with Crippen LogP contribution in [-0.4, -0.2) is 39.5 Å². The Bertz CT molecular complexity index is 1160. The topological polar surface area (TPSA) is 91.6 Å². The third kappa shape index (κ3) is 2.64. The van der Waals surface area contributed by atoms with E-state index >= 15 is 0 Å². The van der Waals surface area contributed by atoms with Gasteiger partial charge in [-0.25, -0.2) is 8.78 Å². The maximum atomic E-state index is 13.8. The maximum absolute atomic E-state index is 13.8. The van der Waals surface area contributed by atoms with E-state index in [9.17, 15) is 28.3 Å². The number of rotatable bonds is 3. The fraction of sp³-hybridized carbons (Fsp3) is 0.381. The van der Waals surface area contributed by atoms with Crippen LogP contribution >= 0.6 is 0 Å². The lowest BCUT2D eigenvalue weighted by atomic mass is 10.0. The van der Waals surface area contributed by atoms with Gasteiger partial charge in [0.15, 0.2) is 11.4 Å². The molecule has 156 valence electrons. The molecule has 2 aliphatic heterocycles. The zero-order chi connectivity index (χ0) is 21.2. The lowest BCUT2D eigenvalue weighted by Gasteiger charge is -2.36. The standard InChI is InChI=1S/C21H19F2N3O4/c22-13-4-3-11(15(23)6-13)8-24-19(29)14-9-26-16(18(28)17(14)27)20(30)25-5-1-2-12-7-21(12,26)10-25/h3-4,6,9,12,28H,1-2,5,7-8,10H2,(H,24,29)/t12-,21?/m0/s1. The Morgan fingerprint density at radius 2 is 2.10 bits per heavy atom. The largest absolute Gasteiger partial charge is 0.503 e. The van der Waals surface area contributed by atoms with Gasteiger partial charge in [0, 0.05) is 37.5 Å². The normalized spacial score (nSPS) is 24.0. The van der Waals surface area contributed by atoms with Crippen LogP contribution in [0.5, 0.6) is 5.75 Å². The van der Waals surface area contributed by atoms with Crippen molar-refractivity contribution in [2.45, 2.75) is 31.3 Å². The van der Waals surface area contributed by atoms with Gasteiger partial charge in [-0.1, -0.05) is 6.07 Å². The average molecular weight is 415 g/mol. The molecule has 5 rings (SSSR count). The number of fused-ring (bicyclic) bond motifs is 2. The highest BCUT2D eigenvalue weighted by molar-refractivity contribution is 5.99. The first-order valence-corrected chi connectivity index (χ1v) is 9.82. The van der Waals surface area contributed by atoms with Crippen molar-refractivity contribution in [1.82, 2.24) is 14.8 Å². The monoisotopic (exact) mass is 415 g/mol. The Balaban J connectivity index is 1.50. The Hall–Kier alpha value is -3.23.